The van der Waals surface area contributed by atoms with Gasteiger partial charge in [-0.05, 0) is 35.0 Å². The van der Waals surface area contributed by atoms with Crippen molar-refractivity contribution < 1.29 is 5.11 Å². The molecular weight excluding hydrogens is 208 g/mol. The number of alkyl halides is 1. The molecule has 2 heteroatoms. The Morgan fingerprint density at radius 1 is 1.07 bits per heavy atom. The van der Waals surface area contributed by atoms with Crippen molar-refractivity contribution >= 4 is 22.4 Å². The van der Waals surface area contributed by atoms with Gasteiger partial charge in [0, 0.05) is 5.56 Å². The zero-order valence-corrected chi connectivity index (χ0v) is 8.75. The van der Waals surface area contributed by atoms with E-state index in [9.17, 15) is 5.11 Å². The van der Waals surface area contributed by atoms with Crippen LogP contribution in [-0.4, -0.2) is 11.0 Å². The van der Waals surface area contributed by atoms with Gasteiger partial charge in [-0.3, -0.25) is 0 Å². The van der Waals surface area contributed by atoms with Crippen molar-refractivity contribution in [2.45, 2.75) is 0 Å². The second-order valence-corrected chi connectivity index (χ2v) is 3.45. The van der Waals surface area contributed by atoms with Crippen molar-refractivity contribution in [2.75, 3.05) is 5.88 Å². The molecule has 0 saturated heterocycles. The van der Waals surface area contributed by atoms with Gasteiger partial charge in [0.1, 0.15) is 5.75 Å². The summed E-state index contributed by atoms with van der Waals surface area (Å²) in [5.41, 5.74) is 0.939. The van der Waals surface area contributed by atoms with Crippen LogP contribution in [0, 0.1) is 11.8 Å². The number of hydrogen-bond acceptors (Lipinski definition) is 1. The normalized spacial score (nSPS) is 9.67. The number of fused-ring (bicyclic) bond motifs is 1. The summed E-state index contributed by atoms with van der Waals surface area (Å²) in [6.07, 6.45) is 0. The summed E-state index contributed by atoms with van der Waals surface area (Å²) in [5, 5.41) is 11.4. The van der Waals surface area contributed by atoms with Gasteiger partial charge >= 0.3 is 0 Å². The molecule has 0 saturated carbocycles. The van der Waals surface area contributed by atoms with Gasteiger partial charge in [0.05, 0.1) is 5.88 Å². The summed E-state index contributed by atoms with van der Waals surface area (Å²) in [6, 6.07) is 11.1. The lowest BCUT2D eigenvalue weighted by Gasteiger charge is -1.99. The zero-order valence-electron chi connectivity index (χ0n) is 8.00. The molecular formula is C13H9ClO. The molecule has 0 aromatic heterocycles. The summed E-state index contributed by atoms with van der Waals surface area (Å²) in [5.74, 6) is 6.38. The molecule has 2 aromatic carbocycles. The molecule has 2 rings (SSSR count). The summed E-state index contributed by atoms with van der Waals surface area (Å²) in [7, 11) is 0. The number of phenols is 1. The van der Waals surface area contributed by atoms with Gasteiger partial charge in [-0.15, -0.1) is 11.6 Å². The molecule has 0 unspecified atom stereocenters. The van der Waals surface area contributed by atoms with E-state index in [0.717, 1.165) is 16.3 Å². The Hall–Kier alpha value is -1.65. The van der Waals surface area contributed by atoms with E-state index >= 15 is 0 Å². The highest BCUT2D eigenvalue weighted by molar-refractivity contribution is 6.19. The minimum absolute atomic E-state index is 0.280. The molecule has 0 bridgehead atoms. The third kappa shape index (κ3) is 2.23. The first-order valence-corrected chi connectivity index (χ1v) is 5.11. The van der Waals surface area contributed by atoms with Crippen LogP contribution in [0.15, 0.2) is 36.4 Å². The Kier molecular flexibility index (Phi) is 2.80. The van der Waals surface area contributed by atoms with Gasteiger partial charge in [-0.2, -0.15) is 0 Å². The van der Waals surface area contributed by atoms with E-state index in [1.165, 1.54) is 0 Å². The van der Waals surface area contributed by atoms with Gasteiger partial charge < -0.3 is 5.11 Å². The Bertz CT molecular complexity index is 549. The van der Waals surface area contributed by atoms with Crippen molar-refractivity contribution in [3.8, 4) is 17.6 Å². The Morgan fingerprint density at radius 2 is 1.80 bits per heavy atom. The minimum Gasteiger partial charge on any atom is -0.508 e. The van der Waals surface area contributed by atoms with E-state index in [1.54, 1.807) is 12.1 Å². The Morgan fingerprint density at radius 3 is 2.60 bits per heavy atom. The second kappa shape index (κ2) is 4.25. The summed E-state index contributed by atoms with van der Waals surface area (Å²) >= 11 is 5.48. The van der Waals surface area contributed by atoms with Crippen molar-refractivity contribution in [1.82, 2.24) is 0 Å². The molecule has 15 heavy (non-hydrogen) atoms. The molecule has 0 aliphatic carbocycles. The van der Waals surface area contributed by atoms with Crippen LogP contribution in [0.25, 0.3) is 10.8 Å². The van der Waals surface area contributed by atoms with E-state index in [4.69, 9.17) is 11.6 Å². The molecule has 0 amide bonds. The van der Waals surface area contributed by atoms with Crippen LogP contribution in [0.5, 0.6) is 5.75 Å². The number of benzene rings is 2. The smallest absolute Gasteiger partial charge is 0.116 e. The van der Waals surface area contributed by atoms with Crippen molar-refractivity contribution in [2.24, 2.45) is 0 Å². The van der Waals surface area contributed by atoms with Crippen LogP contribution >= 0.6 is 11.6 Å². The lowest BCUT2D eigenvalue weighted by Crippen LogP contribution is -1.77. The quantitative estimate of drug-likeness (QED) is 0.530. The van der Waals surface area contributed by atoms with E-state index in [1.807, 2.05) is 24.3 Å². The maximum Gasteiger partial charge on any atom is 0.116 e. The third-order valence-electron chi connectivity index (χ3n) is 2.12. The predicted molar refractivity (Wildman–Crippen MR) is 63.2 cm³/mol. The fraction of sp³-hybridized carbons (Fsp3) is 0.0769. The SMILES string of the molecule is Oc1ccc2cc(C#CCCl)ccc2c1. The molecule has 0 atom stereocenters. The lowest BCUT2D eigenvalue weighted by atomic mass is 10.1. The first-order chi connectivity index (χ1) is 7.29. The number of phenolic OH excluding ortho intramolecular Hbond substituents is 1. The lowest BCUT2D eigenvalue weighted by molar-refractivity contribution is 0.476. The highest BCUT2D eigenvalue weighted by atomic mass is 35.5. The monoisotopic (exact) mass is 216 g/mol. The standard InChI is InChI=1S/C13H9ClO/c14-7-1-2-10-3-4-12-9-13(15)6-5-11(12)8-10/h3-6,8-9,15H,7H2. The largest absolute Gasteiger partial charge is 0.508 e. The molecule has 0 aliphatic heterocycles. The van der Waals surface area contributed by atoms with E-state index in [0.29, 0.717) is 5.88 Å². The highest BCUT2D eigenvalue weighted by Gasteiger charge is 1.95. The molecule has 0 fully saturated rings. The predicted octanol–water partition coefficient (Wildman–Crippen LogP) is 3.14. The fourth-order valence-corrected chi connectivity index (χ4v) is 1.51. The van der Waals surface area contributed by atoms with Crippen molar-refractivity contribution in [3.05, 3.63) is 42.0 Å². The van der Waals surface area contributed by atoms with Crippen LogP contribution in [0.2, 0.25) is 0 Å². The maximum absolute atomic E-state index is 9.30. The first-order valence-electron chi connectivity index (χ1n) is 4.57. The van der Waals surface area contributed by atoms with Crippen LogP contribution in [0.3, 0.4) is 0 Å². The van der Waals surface area contributed by atoms with Crippen LogP contribution < -0.4 is 0 Å². The molecule has 0 spiro atoms. The molecule has 74 valence electrons. The van der Waals surface area contributed by atoms with E-state index in [2.05, 4.69) is 11.8 Å². The fourth-order valence-electron chi connectivity index (χ4n) is 1.45. The summed E-state index contributed by atoms with van der Waals surface area (Å²) in [4.78, 5) is 0. The summed E-state index contributed by atoms with van der Waals surface area (Å²) in [6.45, 7) is 0. The number of rotatable bonds is 0. The molecule has 0 heterocycles. The topological polar surface area (TPSA) is 20.2 Å². The maximum atomic E-state index is 9.30. The van der Waals surface area contributed by atoms with Gasteiger partial charge in [0.15, 0.2) is 0 Å². The molecule has 1 nitrogen and oxygen atoms in total. The molecule has 0 aliphatic rings. The number of aromatic hydroxyl groups is 1. The molecule has 2 aromatic rings. The third-order valence-corrected chi connectivity index (χ3v) is 2.26. The van der Waals surface area contributed by atoms with Crippen molar-refractivity contribution in [1.29, 1.82) is 0 Å². The van der Waals surface area contributed by atoms with Crippen LogP contribution in [0.4, 0.5) is 0 Å². The second-order valence-electron chi connectivity index (χ2n) is 3.18. The van der Waals surface area contributed by atoms with Gasteiger partial charge in [-0.25, -0.2) is 0 Å². The van der Waals surface area contributed by atoms with Crippen molar-refractivity contribution in [3.63, 3.8) is 0 Å². The molecule has 1 N–H and O–H groups in total. The zero-order chi connectivity index (χ0) is 10.7. The Labute approximate surface area is 93.3 Å². The average molecular weight is 217 g/mol. The first kappa shape index (κ1) is 9.89. The summed E-state index contributed by atoms with van der Waals surface area (Å²) < 4.78 is 0. The van der Waals surface area contributed by atoms with Gasteiger partial charge in [-0.1, -0.05) is 24.0 Å². The highest BCUT2D eigenvalue weighted by Crippen LogP contribution is 2.20. The van der Waals surface area contributed by atoms with E-state index in [-0.39, 0.29) is 5.75 Å². The van der Waals surface area contributed by atoms with Crippen LogP contribution in [0.1, 0.15) is 5.56 Å². The van der Waals surface area contributed by atoms with Crippen LogP contribution in [-0.2, 0) is 0 Å². The molecule has 0 radical (unpaired) electrons. The van der Waals surface area contributed by atoms with Gasteiger partial charge in [0.2, 0.25) is 0 Å². The average Bonchev–Trinajstić information content (AvgIpc) is 2.26. The van der Waals surface area contributed by atoms with E-state index < -0.39 is 0 Å². The van der Waals surface area contributed by atoms with Gasteiger partial charge in [0.25, 0.3) is 0 Å². The number of hydrogen-bond donors (Lipinski definition) is 1. The minimum atomic E-state index is 0.280. The number of halogens is 1. The Balaban J connectivity index is 2.52.